The second-order valence-electron chi connectivity index (χ2n) is 4.83. The van der Waals surface area contributed by atoms with E-state index in [9.17, 15) is 9.50 Å². The van der Waals surface area contributed by atoms with E-state index in [2.05, 4.69) is 0 Å². The third-order valence-corrected chi connectivity index (χ3v) is 4.54. The second kappa shape index (κ2) is 6.29. The van der Waals surface area contributed by atoms with Crippen molar-refractivity contribution < 1.29 is 9.50 Å². The highest BCUT2D eigenvalue weighted by molar-refractivity contribution is 7.99. The van der Waals surface area contributed by atoms with Crippen molar-refractivity contribution in [1.82, 2.24) is 0 Å². The topological polar surface area (TPSA) is 20.2 Å². The van der Waals surface area contributed by atoms with Crippen LogP contribution < -0.4 is 0 Å². The summed E-state index contributed by atoms with van der Waals surface area (Å²) >= 11 is 1.33. The predicted molar refractivity (Wildman–Crippen MR) is 86.0 cm³/mol. The second-order valence-corrected chi connectivity index (χ2v) is 5.89. The van der Waals surface area contributed by atoms with Gasteiger partial charge in [0.05, 0.1) is 6.10 Å². The predicted octanol–water partition coefficient (Wildman–Crippen LogP) is 4.80. The van der Waals surface area contributed by atoms with Crippen LogP contribution in [-0.4, -0.2) is 10.9 Å². The first kappa shape index (κ1) is 14.1. The van der Waals surface area contributed by atoms with E-state index in [4.69, 9.17) is 0 Å². The third-order valence-electron chi connectivity index (χ3n) is 3.42. The van der Waals surface area contributed by atoms with Gasteiger partial charge in [-0.25, -0.2) is 4.39 Å². The van der Waals surface area contributed by atoms with Gasteiger partial charge in [0.1, 0.15) is 5.82 Å². The van der Waals surface area contributed by atoms with Gasteiger partial charge in [0.2, 0.25) is 0 Å². The number of hydrogen-bond acceptors (Lipinski definition) is 2. The fourth-order valence-corrected chi connectivity index (χ4v) is 3.26. The van der Waals surface area contributed by atoms with E-state index in [1.165, 1.54) is 17.8 Å². The molecule has 0 aliphatic heterocycles. The van der Waals surface area contributed by atoms with E-state index >= 15 is 0 Å². The van der Waals surface area contributed by atoms with Crippen LogP contribution in [0.3, 0.4) is 0 Å². The maximum absolute atomic E-state index is 13.6. The van der Waals surface area contributed by atoms with E-state index in [0.29, 0.717) is 10.6 Å². The van der Waals surface area contributed by atoms with Gasteiger partial charge < -0.3 is 5.11 Å². The van der Waals surface area contributed by atoms with Crippen molar-refractivity contribution in [3.8, 4) is 0 Å². The van der Waals surface area contributed by atoms with Gasteiger partial charge in [-0.05, 0) is 28.5 Å². The van der Waals surface area contributed by atoms with Crippen LogP contribution in [0.2, 0.25) is 0 Å². The molecule has 1 N–H and O–H groups in total. The summed E-state index contributed by atoms with van der Waals surface area (Å²) in [5, 5.41) is 12.6. The van der Waals surface area contributed by atoms with Crippen molar-refractivity contribution in [1.29, 1.82) is 0 Å². The summed E-state index contributed by atoms with van der Waals surface area (Å²) < 4.78 is 13.6. The zero-order chi connectivity index (χ0) is 14.7. The quantitative estimate of drug-likeness (QED) is 0.698. The first-order valence-electron chi connectivity index (χ1n) is 6.79. The van der Waals surface area contributed by atoms with Crippen LogP contribution in [0.5, 0.6) is 0 Å². The molecule has 1 atom stereocenters. The van der Waals surface area contributed by atoms with Gasteiger partial charge in [-0.3, -0.25) is 0 Å². The van der Waals surface area contributed by atoms with Crippen LogP contribution in [0.1, 0.15) is 11.7 Å². The summed E-state index contributed by atoms with van der Waals surface area (Å²) in [4.78, 5) is 0.566. The zero-order valence-electron chi connectivity index (χ0n) is 11.4. The number of rotatable bonds is 4. The van der Waals surface area contributed by atoms with Crippen LogP contribution in [0.15, 0.2) is 71.6 Å². The summed E-state index contributed by atoms with van der Waals surface area (Å²) in [6, 6.07) is 20.5. The van der Waals surface area contributed by atoms with Crippen molar-refractivity contribution >= 4 is 22.5 Å². The van der Waals surface area contributed by atoms with Crippen LogP contribution >= 0.6 is 11.8 Å². The third kappa shape index (κ3) is 3.09. The van der Waals surface area contributed by atoms with E-state index in [1.54, 1.807) is 18.2 Å². The summed E-state index contributed by atoms with van der Waals surface area (Å²) in [7, 11) is 0. The Morgan fingerprint density at radius 1 is 0.905 bits per heavy atom. The number of fused-ring (bicyclic) bond motifs is 1. The number of halogens is 1. The molecule has 0 radical (unpaired) electrons. The van der Waals surface area contributed by atoms with Gasteiger partial charge in [0.15, 0.2) is 0 Å². The highest BCUT2D eigenvalue weighted by atomic mass is 32.2. The maximum atomic E-state index is 13.6. The summed E-state index contributed by atoms with van der Waals surface area (Å²) in [5.74, 6) is 0.183. The lowest BCUT2D eigenvalue weighted by Crippen LogP contribution is -2.01. The lowest BCUT2D eigenvalue weighted by molar-refractivity contribution is 0.205. The molecule has 3 aromatic rings. The first-order valence-corrected chi connectivity index (χ1v) is 7.77. The minimum Gasteiger partial charge on any atom is -0.388 e. The molecule has 0 heterocycles. The Kier molecular flexibility index (Phi) is 4.23. The average Bonchev–Trinajstić information content (AvgIpc) is 2.53. The Labute approximate surface area is 127 Å². The number of hydrogen-bond donors (Lipinski definition) is 1. The van der Waals surface area contributed by atoms with Gasteiger partial charge in [0, 0.05) is 10.6 Å². The Balaban J connectivity index is 1.81. The van der Waals surface area contributed by atoms with Crippen molar-refractivity contribution in [2.24, 2.45) is 0 Å². The molecule has 3 aromatic carbocycles. The Morgan fingerprint density at radius 3 is 2.48 bits per heavy atom. The SMILES string of the molecule is OC(CSc1ccccc1F)c1cccc2ccccc12. The van der Waals surface area contributed by atoms with Crippen molar-refractivity contribution in [3.63, 3.8) is 0 Å². The number of benzene rings is 3. The lowest BCUT2D eigenvalue weighted by Gasteiger charge is -2.13. The molecule has 1 unspecified atom stereocenters. The molecule has 3 rings (SSSR count). The molecule has 0 fully saturated rings. The Hall–Kier alpha value is -1.84. The molecule has 0 aromatic heterocycles. The molecule has 3 heteroatoms. The van der Waals surface area contributed by atoms with Crippen LogP contribution in [0.25, 0.3) is 10.8 Å². The van der Waals surface area contributed by atoms with Crippen LogP contribution in [0, 0.1) is 5.82 Å². The molecular formula is C18H15FOS. The Bertz CT molecular complexity index is 752. The lowest BCUT2D eigenvalue weighted by atomic mass is 10.0. The standard InChI is InChI=1S/C18H15FOS/c19-16-10-3-4-11-18(16)21-12-17(20)15-9-5-7-13-6-1-2-8-14(13)15/h1-11,17,20H,12H2. The zero-order valence-corrected chi connectivity index (χ0v) is 12.2. The van der Waals surface area contributed by atoms with E-state index < -0.39 is 6.10 Å². The maximum Gasteiger partial charge on any atom is 0.136 e. The fourth-order valence-electron chi connectivity index (χ4n) is 2.36. The monoisotopic (exact) mass is 298 g/mol. The normalized spacial score (nSPS) is 12.5. The van der Waals surface area contributed by atoms with Crippen LogP contribution in [0.4, 0.5) is 4.39 Å². The molecule has 0 aliphatic rings. The van der Waals surface area contributed by atoms with Crippen LogP contribution in [-0.2, 0) is 0 Å². The van der Waals surface area contributed by atoms with Gasteiger partial charge in [-0.2, -0.15) is 0 Å². The summed E-state index contributed by atoms with van der Waals surface area (Å²) in [6.45, 7) is 0. The fraction of sp³-hybridized carbons (Fsp3) is 0.111. The molecule has 1 nitrogen and oxygen atoms in total. The van der Waals surface area contributed by atoms with Gasteiger partial charge >= 0.3 is 0 Å². The minimum absolute atomic E-state index is 0.243. The molecule has 106 valence electrons. The molecular weight excluding hydrogens is 283 g/mol. The number of thioether (sulfide) groups is 1. The van der Waals surface area contributed by atoms with E-state index in [0.717, 1.165) is 16.3 Å². The molecule has 0 spiro atoms. The molecule has 0 saturated heterocycles. The average molecular weight is 298 g/mol. The van der Waals surface area contributed by atoms with Gasteiger partial charge in [-0.15, -0.1) is 11.8 Å². The smallest absolute Gasteiger partial charge is 0.136 e. The highest BCUT2D eigenvalue weighted by Crippen LogP contribution is 2.30. The molecule has 0 saturated carbocycles. The van der Waals surface area contributed by atoms with E-state index in [1.807, 2.05) is 42.5 Å². The van der Waals surface area contributed by atoms with E-state index in [-0.39, 0.29) is 5.82 Å². The largest absolute Gasteiger partial charge is 0.388 e. The van der Waals surface area contributed by atoms with Crippen molar-refractivity contribution in [3.05, 3.63) is 78.1 Å². The molecule has 0 aliphatic carbocycles. The number of aliphatic hydroxyl groups is 1. The van der Waals surface area contributed by atoms with Gasteiger partial charge in [0.25, 0.3) is 0 Å². The van der Waals surface area contributed by atoms with Gasteiger partial charge in [-0.1, -0.05) is 54.6 Å². The molecule has 0 bridgehead atoms. The highest BCUT2D eigenvalue weighted by Gasteiger charge is 2.12. The number of aliphatic hydroxyl groups excluding tert-OH is 1. The van der Waals surface area contributed by atoms with Crippen molar-refractivity contribution in [2.45, 2.75) is 11.0 Å². The Morgan fingerprint density at radius 2 is 1.62 bits per heavy atom. The molecule has 21 heavy (non-hydrogen) atoms. The van der Waals surface area contributed by atoms with Crippen molar-refractivity contribution in [2.75, 3.05) is 5.75 Å². The first-order chi connectivity index (χ1) is 10.3. The minimum atomic E-state index is -0.624. The summed E-state index contributed by atoms with van der Waals surface area (Å²) in [6.07, 6.45) is -0.624. The molecule has 0 amide bonds. The summed E-state index contributed by atoms with van der Waals surface area (Å²) in [5.41, 5.74) is 0.886.